The SMILES string of the molecule is [CH2]c1cccc(C2NCCO2)c1Cc1ccccc1OCO. The molecule has 3 rings (SSSR count). The van der Waals surface area contributed by atoms with Crippen LogP contribution in [0.1, 0.15) is 28.5 Å². The molecule has 1 heterocycles. The molecule has 4 heteroatoms. The summed E-state index contributed by atoms with van der Waals surface area (Å²) < 4.78 is 11.0. The summed E-state index contributed by atoms with van der Waals surface area (Å²) in [4.78, 5) is 0. The normalized spacial score (nSPS) is 17.6. The van der Waals surface area contributed by atoms with Crippen molar-refractivity contribution >= 4 is 0 Å². The monoisotopic (exact) mass is 298 g/mol. The van der Waals surface area contributed by atoms with E-state index in [2.05, 4.69) is 18.3 Å². The van der Waals surface area contributed by atoms with Crippen molar-refractivity contribution in [2.24, 2.45) is 0 Å². The topological polar surface area (TPSA) is 50.7 Å². The summed E-state index contributed by atoms with van der Waals surface area (Å²) in [6.07, 6.45) is 0.606. The van der Waals surface area contributed by atoms with E-state index in [1.54, 1.807) is 0 Å². The minimum atomic E-state index is -0.330. The van der Waals surface area contributed by atoms with Crippen molar-refractivity contribution in [3.63, 3.8) is 0 Å². The van der Waals surface area contributed by atoms with E-state index < -0.39 is 0 Å². The van der Waals surface area contributed by atoms with Gasteiger partial charge in [0.15, 0.2) is 6.79 Å². The number of ether oxygens (including phenoxy) is 2. The summed E-state index contributed by atoms with van der Waals surface area (Å²) in [5.41, 5.74) is 4.25. The molecule has 2 aromatic rings. The Balaban J connectivity index is 1.95. The molecular weight excluding hydrogens is 278 g/mol. The van der Waals surface area contributed by atoms with E-state index in [0.717, 1.165) is 35.4 Å². The van der Waals surface area contributed by atoms with Gasteiger partial charge in [-0.05, 0) is 35.2 Å². The number of rotatable bonds is 5. The van der Waals surface area contributed by atoms with Crippen LogP contribution in [-0.4, -0.2) is 25.1 Å². The maximum absolute atomic E-state index is 9.03. The van der Waals surface area contributed by atoms with E-state index in [0.29, 0.717) is 12.2 Å². The second-order valence-electron chi connectivity index (χ2n) is 5.25. The molecule has 1 atom stereocenters. The van der Waals surface area contributed by atoms with Crippen LogP contribution >= 0.6 is 0 Å². The first kappa shape index (κ1) is 15.0. The van der Waals surface area contributed by atoms with Crippen LogP contribution < -0.4 is 10.1 Å². The van der Waals surface area contributed by atoms with Crippen LogP contribution in [0.4, 0.5) is 0 Å². The van der Waals surface area contributed by atoms with Gasteiger partial charge in [-0.2, -0.15) is 0 Å². The summed E-state index contributed by atoms with van der Waals surface area (Å²) >= 11 is 0. The Morgan fingerprint density at radius 1 is 1.23 bits per heavy atom. The molecule has 0 saturated carbocycles. The van der Waals surface area contributed by atoms with E-state index in [9.17, 15) is 0 Å². The fourth-order valence-corrected chi connectivity index (χ4v) is 2.79. The third-order valence-electron chi connectivity index (χ3n) is 3.87. The van der Waals surface area contributed by atoms with Gasteiger partial charge < -0.3 is 14.6 Å². The third kappa shape index (κ3) is 3.14. The van der Waals surface area contributed by atoms with Gasteiger partial charge in [0.25, 0.3) is 0 Å². The molecule has 1 aliphatic rings. The van der Waals surface area contributed by atoms with E-state index in [4.69, 9.17) is 14.6 Å². The summed E-state index contributed by atoms with van der Waals surface area (Å²) in [6, 6.07) is 13.8. The summed E-state index contributed by atoms with van der Waals surface area (Å²) in [6.45, 7) is 5.40. The van der Waals surface area contributed by atoms with E-state index in [1.165, 1.54) is 0 Å². The Bertz CT molecular complexity index is 636. The lowest BCUT2D eigenvalue weighted by atomic mass is 9.94. The minimum Gasteiger partial charge on any atom is -0.467 e. The van der Waals surface area contributed by atoms with Gasteiger partial charge in [0, 0.05) is 13.0 Å². The second-order valence-corrected chi connectivity index (χ2v) is 5.25. The molecule has 0 bridgehead atoms. The zero-order valence-electron chi connectivity index (χ0n) is 12.4. The van der Waals surface area contributed by atoms with Gasteiger partial charge in [-0.25, -0.2) is 0 Å². The highest BCUT2D eigenvalue weighted by molar-refractivity contribution is 5.45. The number of hydrogen-bond donors (Lipinski definition) is 2. The molecule has 0 aromatic heterocycles. The first-order chi connectivity index (χ1) is 10.8. The van der Waals surface area contributed by atoms with Crippen molar-refractivity contribution in [2.75, 3.05) is 19.9 Å². The van der Waals surface area contributed by atoms with Gasteiger partial charge in [-0.3, -0.25) is 5.32 Å². The van der Waals surface area contributed by atoms with Crippen molar-refractivity contribution in [1.82, 2.24) is 5.32 Å². The second kappa shape index (κ2) is 6.92. The highest BCUT2D eigenvalue weighted by atomic mass is 16.6. The molecule has 0 aliphatic carbocycles. The lowest BCUT2D eigenvalue weighted by Gasteiger charge is -2.18. The van der Waals surface area contributed by atoms with Crippen LogP contribution in [0, 0.1) is 6.92 Å². The molecule has 1 saturated heterocycles. The third-order valence-corrected chi connectivity index (χ3v) is 3.87. The summed E-state index contributed by atoms with van der Waals surface area (Å²) in [5, 5.41) is 12.4. The van der Waals surface area contributed by atoms with E-state index >= 15 is 0 Å². The molecule has 1 unspecified atom stereocenters. The predicted molar refractivity (Wildman–Crippen MR) is 84.6 cm³/mol. The average Bonchev–Trinajstić information content (AvgIpc) is 3.05. The van der Waals surface area contributed by atoms with Gasteiger partial charge in [0.1, 0.15) is 12.0 Å². The number of aliphatic hydroxyl groups excluding tert-OH is 1. The highest BCUT2D eigenvalue weighted by Gasteiger charge is 2.21. The lowest BCUT2D eigenvalue weighted by Crippen LogP contribution is -2.16. The molecule has 2 aromatic carbocycles. The van der Waals surface area contributed by atoms with Gasteiger partial charge >= 0.3 is 0 Å². The molecule has 1 radical (unpaired) electrons. The molecule has 0 spiro atoms. The van der Waals surface area contributed by atoms with Crippen LogP contribution in [0.3, 0.4) is 0 Å². The zero-order chi connectivity index (χ0) is 15.4. The smallest absolute Gasteiger partial charge is 0.186 e. The Labute approximate surface area is 130 Å². The largest absolute Gasteiger partial charge is 0.467 e. The molecule has 4 nitrogen and oxygen atoms in total. The number of para-hydroxylation sites is 1. The minimum absolute atomic E-state index is 0.0809. The van der Waals surface area contributed by atoms with Crippen LogP contribution in [-0.2, 0) is 11.2 Å². The van der Waals surface area contributed by atoms with Gasteiger partial charge in [0.05, 0.1) is 6.61 Å². The molecule has 1 fully saturated rings. The molecule has 115 valence electrons. The van der Waals surface area contributed by atoms with Crippen molar-refractivity contribution in [2.45, 2.75) is 12.6 Å². The van der Waals surface area contributed by atoms with Crippen molar-refractivity contribution in [1.29, 1.82) is 0 Å². The van der Waals surface area contributed by atoms with Crippen LogP contribution in [0.5, 0.6) is 5.75 Å². The van der Waals surface area contributed by atoms with Gasteiger partial charge in [0.2, 0.25) is 0 Å². The molecule has 2 N–H and O–H groups in total. The van der Waals surface area contributed by atoms with Crippen molar-refractivity contribution < 1.29 is 14.6 Å². The molecule has 22 heavy (non-hydrogen) atoms. The Morgan fingerprint density at radius 3 is 2.86 bits per heavy atom. The Hall–Kier alpha value is -1.88. The standard InChI is InChI=1S/C18H20NO3/c1-13-5-4-7-15(18-19-9-10-21-18)16(13)11-14-6-2-3-8-17(14)22-12-20/h2-8,18-20H,1,9-12H2. The number of aliphatic hydroxyl groups is 1. The fourth-order valence-electron chi connectivity index (χ4n) is 2.79. The van der Waals surface area contributed by atoms with E-state index in [-0.39, 0.29) is 13.0 Å². The molecule has 0 amide bonds. The first-order valence-corrected chi connectivity index (χ1v) is 7.40. The molecular formula is C18H20NO3. The lowest BCUT2D eigenvalue weighted by molar-refractivity contribution is 0.0973. The number of benzene rings is 2. The van der Waals surface area contributed by atoms with Gasteiger partial charge in [-0.15, -0.1) is 0 Å². The Morgan fingerprint density at radius 2 is 2.09 bits per heavy atom. The maximum Gasteiger partial charge on any atom is 0.186 e. The average molecular weight is 298 g/mol. The maximum atomic E-state index is 9.03. The quantitative estimate of drug-likeness (QED) is 0.832. The summed E-state index contributed by atoms with van der Waals surface area (Å²) in [7, 11) is 0. The Kier molecular flexibility index (Phi) is 4.73. The predicted octanol–water partition coefficient (Wildman–Crippen LogP) is 2.41. The van der Waals surface area contributed by atoms with Crippen LogP contribution in [0.25, 0.3) is 0 Å². The van der Waals surface area contributed by atoms with Crippen LogP contribution in [0.2, 0.25) is 0 Å². The summed E-state index contributed by atoms with van der Waals surface area (Å²) in [5.74, 6) is 0.694. The van der Waals surface area contributed by atoms with E-state index in [1.807, 2.05) is 36.4 Å². The fraction of sp³-hybridized carbons (Fsp3) is 0.278. The zero-order valence-corrected chi connectivity index (χ0v) is 12.4. The number of hydrogen-bond acceptors (Lipinski definition) is 4. The molecule has 1 aliphatic heterocycles. The van der Waals surface area contributed by atoms with Crippen molar-refractivity contribution in [3.8, 4) is 5.75 Å². The number of nitrogens with one attached hydrogen (secondary N) is 1. The van der Waals surface area contributed by atoms with Gasteiger partial charge in [-0.1, -0.05) is 36.4 Å². The highest BCUT2D eigenvalue weighted by Crippen LogP contribution is 2.29. The first-order valence-electron chi connectivity index (χ1n) is 7.40. The van der Waals surface area contributed by atoms with Crippen molar-refractivity contribution in [3.05, 3.63) is 71.6 Å². The van der Waals surface area contributed by atoms with Crippen LogP contribution in [0.15, 0.2) is 42.5 Å².